The second kappa shape index (κ2) is 5.62. The van der Waals surface area contributed by atoms with E-state index in [1.165, 1.54) is 12.1 Å². The molecule has 2 rings (SSSR count). The lowest BCUT2D eigenvalue weighted by atomic mass is 10.1. The summed E-state index contributed by atoms with van der Waals surface area (Å²) in [6.45, 7) is 0.295. The highest BCUT2D eigenvalue weighted by atomic mass is 19.1. The molecule has 0 radical (unpaired) electrons. The maximum atomic E-state index is 13.0. The van der Waals surface area contributed by atoms with Gasteiger partial charge in [-0.25, -0.2) is 4.39 Å². The molecule has 1 amide bonds. The SMILES string of the molecule is Cn1cc(CN)c(NC(=O)Cc2cccc(F)c2)n1. The molecule has 0 aliphatic heterocycles. The van der Waals surface area contributed by atoms with Gasteiger partial charge in [-0.05, 0) is 17.7 Å². The molecule has 0 bridgehead atoms. The van der Waals surface area contributed by atoms with Gasteiger partial charge in [0, 0.05) is 25.4 Å². The van der Waals surface area contributed by atoms with Gasteiger partial charge in [0.15, 0.2) is 5.82 Å². The van der Waals surface area contributed by atoms with Gasteiger partial charge in [-0.15, -0.1) is 0 Å². The minimum Gasteiger partial charge on any atom is -0.326 e. The number of hydrogen-bond acceptors (Lipinski definition) is 3. The first-order chi connectivity index (χ1) is 9.08. The number of hydrogen-bond donors (Lipinski definition) is 2. The number of nitrogens with one attached hydrogen (secondary N) is 1. The topological polar surface area (TPSA) is 72.9 Å². The molecule has 0 aliphatic carbocycles. The van der Waals surface area contributed by atoms with Crippen molar-refractivity contribution < 1.29 is 9.18 Å². The van der Waals surface area contributed by atoms with Crippen molar-refractivity contribution in [2.24, 2.45) is 12.8 Å². The number of rotatable bonds is 4. The number of anilines is 1. The van der Waals surface area contributed by atoms with Crippen molar-refractivity contribution in [3.63, 3.8) is 0 Å². The zero-order valence-electron chi connectivity index (χ0n) is 10.6. The van der Waals surface area contributed by atoms with Crippen LogP contribution in [0.15, 0.2) is 30.5 Å². The lowest BCUT2D eigenvalue weighted by Gasteiger charge is -2.04. The van der Waals surface area contributed by atoms with Gasteiger partial charge in [-0.1, -0.05) is 12.1 Å². The Morgan fingerprint density at radius 3 is 3.00 bits per heavy atom. The Bertz CT molecular complexity index is 594. The Kier molecular flexibility index (Phi) is 3.91. The molecule has 0 saturated carbocycles. The van der Waals surface area contributed by atoms with Crippen LogP contribution < -0.4 is 11.1 Å². The zero-order valence-corrected chi connectivity index (χ0v) is 10.6. The second-order valence-corrected chi connectivity index (χ2v) is 4.24. The number of halogens is 1. The molecule has 0 atom stereocenters. The van der Waals surface area contributed by atoms with E-state index in [1.807, 2.05) is 0 Å². The number of aromatic nitrogens is 2. The summed E-state index contributed by atoms with van der Waals surface area (Å²) in [5.41, 5.74) is 6.93. The molecule has 19 heavy (non-hydrogen) atoms. The Hall–Kier alpha value is -2.21. The highest BCUT2D eigenvalue weighted by Gasteiger charge is 2.10. The predicted molar refractivity (Wildman–Crippen MR) is 69.8 cm³/mol. The molecule has 0 saturated heterocycles. The monoisotopic (exact) mass is 262 g/mol. The number of nitrogens with zero attached hydrogens (tertiary/aromatic N) is 2. The molecule has 2 aromatic rings. The Morgan fingerprint density at radius 1 is 1.53 bits per heavy atom. The molecule has 3 N–H and O–H groups in total. The van der Waals surface area contributed by atoms with Crippen molar-refractivity contribution in [3.8, 4) is 0 Å². The van der Waals surface area contributed by atoms with Crippen molar-refractivity contribution in [3.05, 3.63) is 47.4 Å². The molecule has 5 nitrogen and oxygen atoms in total. The van der Waals surface area contributed by atoms with Crippen LogP contribution in [0.3, 0.4) is 0 Å². The number of aryl methyl sites for hydroxylation is 1. The molecule has 0 fully saturated rings. The van der Waals surface area contributed by atoms with Crippen LogP contribution in [0, 0.1) is 5.82 Å². The number of carbonyl (C=O) groups is 1. The van der Waals surface area contributed by atoms with Gasteiger partial charge in [0.05, 0.1) is 6.42 Å². The summed E-state index contributed by atoms with van der Waals surface area (Å²) in [5.74, 6) is -0.156. The quantitative estimate of drug-likeness (QED) is 0.869. The van der Waals surface area contributed by atoms with E-state index in [2.05, 4.69) is 10.4 Å². The summed E-state index contributed by atoms with van der Waals surface area (Å²) in [6, 6.07) is 5.95. The molecular weight excluding hydrogens is 247 g/mol. The molecule has 1 heterocycles. The van der Waals surface area contributed by atoms with Crippen LogP contribution in [0.5, 0.6) is 0 Å². The standard InChI is InChI=1S/C13H15FN4O/c1-18-8-10(7-15)13(17-18)16-12(19)6-9-3-2-4-11(14)5-9/h2-5,8H,6-7,15H2,1H3,(H,16,17,19). The molecule has 1 aromatic heterocycles. The van der Waals surface area contributed by atoms with Gasteiger partial charge >= 0.3 is 0 Å². The molecule has 0 unspecified atom stereocenters. The summed E-state index contributed by atoms with van der Waals surface area (Å²) >= 11 is 0. The maximum Gasteiger partial charge on any atom is 0.230 e. The lowest BCUT2D eigenvalue weighted by molar-refractivity contribution is -0.115. The van der Waals surface area contributed by atoms with Gasteiger partial charge < -0.3 is 11.1 Å². The van der Waals surface area contributed by atoms with Crippen molar-refractivity contribution >= 4 is 11.7 Å². The Morgan fingerprint density at radius 2 is 2.32 bits per heavy atom. The Balaban J connectivity index is 2.05. The smallest absolute Gasteiger partial charge is 0.230 e. The second-order valence-electron chi connectivity index (χ2n) is 4.24. The number of amides is 1. The highest BCUT2D eigenvalue weighted by Crippen LogP contribution is 2.12. The minimum atomic E-state index is -0.356. The largest absolute Gasteiger partial charge is 0.326 e. The van der Waals surface area contributed by atoms with Crippen molar-refractivity contribution in [2.45, 2.75) is 13.0 Å². The molecule has 0 spiro atoms. The van der Waals surface area contributed by atoms with E-state index >= 15 is 0 Å². The van der Waals surface area contributed by atoms with Crippen LogP contribution in [0.4, 0.5) is 10.2 Å². The first-order valence-corrected chi connectivity index (χ1v) is 5.85. The van der Waals surface area contributed by atoms with Gasteiger partial charge in [0.1, 0.15) is 5.82 Å². The molecule has 6 heteroatoms. The van der Waals surface area contributed by atoms with Crippen LogP contribution in [0.2, 0.25) is 0 Å². The minimum absolute atomic E-state index is 0.0956. The van der Waals surface area contributed by atoms with Gasteiger partial charge in [0.25, 0.3) is 0 Å². The molecular formula is C13H15FN4O. The fourth-order valence-corrected chi connectivity index (χ4v) is 1.80. The fraction of sp³-hybridized carbons (Fsp3) is 0.231. The average Bonchev–Trinajstić information content (AvgIpc) is 2.69. The van der Waals surface area contributed by atoms with Crippen LogP contribution in [0.1, 0.15) is 11.1 Å². The van der Waals surface area contributed by atoms with E-state index in [0.29, 0.717) is 17.9 Å². The van der Waals surface area contributed by atoms with Gasteiger partial charge in [-0.2, -0.15) is 5.10 Å². The number of nitrogens with two attached hydrogens (primary N) is 1. The third kappa shape index (κ3) is 3.38. The van der Waals surface area contributed by atoms with Crippen LogP contribution >= 0.6 is 0 Å². The molecule has 1 aromatic carbocycles. The summed E-state index contributed by atoms with van der Waals surface area (Å²) in [5, 5.41) is 6.79. The van der Waals surface area contributed by atoms with E-state index in [4.69, 9.17) is 5.73 Å². The van der Waals surface area contributed by atoms with Crippen molar-refractivity contribution in [2.75, 3.05) is 5.32 Å². The molecule has 100 valence electrons. The van der Waals surface area contributed by atoms with Gasteiger partial charge in [-0.3, -0.25) is 9.48 Å². The van der Waals surface area contributed by atoms with E-state index in [0.717, 1.165) is 5.56 Å². The van der Waals surface area contributed by atoms with Crippen LogP contribution in [-0.2, 0) is 24.8 Å². The zero-order chi connectivity index (χ0) is 13.8. The third-order valence-corrected chi connectivity index (χ3v) is 2.64. The predicted octanol–water partition coefficient (Wildman–Crippen LogP) is 1.20. The highest BCUT2D eigenvalue weighted by molar-refractivity contribution is 5.91. The summed E-state index contributed by atoms with van der Waals surface area (Å²) in [7, 11) is 1.75. The average molecular weight is 262 g/mol. The summed E-state index contributed by atoms with van der Waals surface area (Å²) in [4.78, 5) is 11.8. The first kappa shape index (κ1) is 13.2. The fourth-order valence-electron chi connectivity index (χ4n) is 1.80. The maximum absolute atomic E-state index is 13.0. The summed E-state index contributed by atoms with van der Waals surface area (Å²) < 4.78 is 14.6. The van der Waals surface area contributed by atoms with Crippen molar-refractivity contribution in [1.82, 2.24) is 9.78 Å². The summed E-state index contributed by atoms with van der Waals surface area (Å²) in [6.07, 6.45) is 1.84. The van der Waals surface area contributed by atoms with E-state index in [9.17, 15) is 9.18 Å². The third-order valence-electron chi connectivity index (χ3n) is 2.64. The number of benzene rings is 1. The van der Waals surface area contributed by atoms with Crippen molar-refractivity contribution in [1.29, 1.82) is 0 Å². The lowest BCUT2D eigenvalue weighted by Crippen LogP contribution is -2.16. The van der Waals surface area contributed by atoms with Crippen LogP contribution in [-0.4, -0.2) is 15.7 Å². The van der Waals surface area contributed by atoms with E-state index in [-0.39, 0.29) is 18.1 Å². The normalized spacial score (nSPS) is 10.5. The van der Waals surface area contributed by atoms with Crippen LogP contribution in [0.25, 0.3) is 0 Å². The van der Waals surface area contributed by atoms with Gasteiger partial charge in [0.2, 0.25) is 5.91 Å². The molecule has 0 aliphatic rings. The first-order valence-electron chi connectivity index (χ1n) is 5.85. The van der Waals surface area contributed by atoms with E-state index in [1.54, 1.807) is 30.1 Å². The van der Waals surface area contributed by atoms with E-state index < -0.39 is 0 Å². The number of carbonyl (C=O) groups excluding carboxylic acids is 1. The Labute approximate surface area is 110 Å².